The van der Waals surface area contributed by atoms with E-state index in [2.05, 4.69) is 0 Å². The molecular weight excluding hydrogens is 344 g/mol. The lowest BCUT2D eigenvalue weighted by Gasteiger charge is -2.28. The van der Waals surface area contributed by atoms with Gasteiger partial charge in [-0.05, 0) is 44.7 Å². The molecule has 0 bridgehead atoms. The second kappa shape index (κ2) is 9.50. The minimum Gasteiger partial charge on any atom is -0.377 e. The van der Waals surface area contributed by atoms with Gasteiger partial charge in [0.25, 0.3) is 0 Å². The van der Waals surface area contributed by atoms with Gasteiger partial charge in [-0.25, -0.2) is 17.6 Å². The molecule has 0 fully saturated rings. The predicted octanol–water partition coefficient (Wildman–Crippen LogP) is 4.61. The van der Waals surface area contributed by atoms with Crippen molar-refractivity contribution >= 4 is 8.80 Å². The van der Waals surface area contributed by atoms with Gasteiger partial charge in [-0.3, -0.25) is 0 Å². The van der Waals surface area contributed by atoms with Crippen molar-refractivity contribution in [2.24, 2.45) is 0 Å². The van der Waals surface area contributed by atoms with Crippen molar-refractivity contribution in [2.75, 3.05) is 14.2 Å². The minimum atomic E-state index is -2.72. The predicted molar refractivity (Wildman–Crippen MR) is 84.6 cm³/mol. The highest BCUT2D eigenvalue weighted by molar-refractivity contribution is 6.60. The molecule has 0 saturated carbocycles. The third kappa shape index (κ3) is 5.54. The van der Waals surface area contributed by atoms with Gasteiger partial charge in [0.05, 0.1) is 0 Å². The van der Waals surface area contributed by atoms with Crippen molar-refractivity contribution in [1.82, 2.24) is 0 Å². The number of hydrogen-bond donors (Lipinski definition) is 0. The van der Waals surface area contributed by atoms with Crippen molar-refractivity contribution in [3.8, 4) is 0 Å². The van der Waals surface area contributed by atoms with Crippen LogP contribution in [0.5, 0.6) is 0 Å². The van der Waals surface area contributed by atoms with E-state index in [9.17, 15) is 17.6 Å². The Bertz CT molecular complexity index is 537. The van der Waals surface area contributed by atoms with Crippen LogP contribution in [-0.2, 0) is 19.7 Å². The minimum absolute atomic E-state index is 0.0316. The van der Waals surface area contributed by atoms with E-state index in [1.807, 2.05) is 13.8 Å². The Morgan fingerprint density at radius 3 is 2.08 bits per heavy atom. The van der Waals surface area contributed by atoms with Gasteiger partial charge in [-0.15, -0.1) is 0 Å². The summed E-state index contributed by atoms with van der Waals surface area (Å²) in [4.78, 5) is 0. The standard InChI is InChI=1S/C16H24F4O3Si/c1-11(2)23-24(21-3,22-4)9-7-5-6-8-12-10-13(17)15(19)16(20)14(12)18/h10-11H,5-9H2,1-4H3. The zero-order valence-corrected chi connectivity index (χ0v) is 15.4. The molecule has 0 unspecified atom stereocenters. The van der Waals surface area contributed by atoms with E-state index >= 15 is 0 Å². The molecule has 0 aliphatic carbocycles. The number of rotatable bonds is 10. The zero-order valence-electron chi connectivity index (χ0n) is 14.4. The van der Waals surface area contributed by atoms with Crippen LogP contribution in [0.4, 0.5) is 17.6 Å². The first-order chi connectivity index (χ1) is 11.3. The molecule has 0 amide bonds. The summed E-state index contributed by atoms with van der Waals surface area (Å²) in [5.41, 5.74) is -0.160. The quantitative estimate of drug-likeness (QED) is 0.198. The smallest absolute Gasteiger partial charge is 0.377 e. The number of hydrogen-bond acceptors (Lipinski definition) is 3. The summed E-state index contributed by atoms with van der Waals surface area (Å²) in [6, 6.07) is 1.30. The van der Waals surface area contributed by atoms with Crippen LogP contribution < -0.4 is 0 Å². The van der Waals surface area contributed by atoms with Gasteiger partial charge in [0.1, 0.15) is 0 Å². The first-order valence-electron chi connectivity index (χ1n) is 7.86. The van der Waals surface area contributed by atoms with Crippen molar-refractivity contribution < 1.29 is 30.8 Å². The van der Waals surface area contributed by atoms with Crippen LogP contribution in [0, 0.1) is 23.3 Å². The van der Waals surface area contributed by atoms with Gasteiger partial charge in [0.2, 0.25) is 0 Å². The number of unbranched alkanes of at least 4 members (excludes halogenated alkanes) is 2. The van der Waals surface area contributed by atoms with E-state index in [0.29, 0.717) is 31.4 Å². The molecule has 1 aromatic rings. The molecule has 0 aromatic heterocycles. The van der Waals surface area contributed by atoms with E-state index in [-0.39, 0.29) is 18.1 Å². The fourth-order valence-electron chi connectivity index (χ4n) is 2.44. The largest absolute Gasteiger partial charge is 0.500 e. The molecule has 0 aliphatic rings. The maximum atomic E-state index is 13.6. The van der Waals surface area contributed by atoms with Gasteiger partial charge in [0.15, 0.2) is 23.3 Å². The Kier molecular flexibility index (Phi) is 8.35. The molecule has 3 nitrogen and oxygen atoms in total. The normalized spacial score (nSPS) is 12.2. The Balaban J connectivity index is 2.52. The average Bonchev–Trinajstić information content (AvgIpc) is 2.55. The molecule has 138 valence electrons. The lowest BCUT2D eigenvalue weighted by atomic mass is 10.1. The highest BCUT2D eigenvalue weighted by Crippen LogP contribution is 2.23. The SMILES string of the molecule is CO[Si](CCCCCc1cc(F)c(F)c(F)c1F)(OC)OC(C)C. The number of benzene rings is 1. The molecule has 0 spiro atoms. The average molecular weight is 368 g/mol. The van der Waals surface area contributed by atoms with E-state index in [1.54, 1.807) is 0 Å². The lowest BCUT2D eigenvalue weighted by molar-refractivity contribution is 0.0693. The van der Waals surface area contributed by atoms with Crippen LogP contribution in [0.25, 0.3) is 0 Å². The van der Waals surface area contributed by atoms with Crippen molar-refractivity contribution in [1.29, 1.82) is 0 Å². The summed E-state index contributed by atoms with van der Waals surface area (Å²) in [6.45, 7) is 3.78. The molecule has 8 heteroatoms. The summed E-state index contributed by atoms with van der Waals surface area (Å²) >= 11 is 0. The summed E-state index contributed by atoms with van der Waals surface area (Å²) < 4.78 is 69.4. The van der Waals surface area contributed by atoms with E-state index in [4.69, 9.17) is 13.3 Å². The summed E-state index contributed by atoms with van der Waals surface area (Å²) in [7, 11) is 0.363. The van der Waals surface area contributed by atoms with Crippen LogP contribution in [-0.4, -0.2) is 29.1 Å². The number of aryl methyl sites for hydroxylation is 1. The van der Waals surface area contributed by atoms with Crippen LogP contribution in [0.15, 0.2) is 6.07 Å². The molecule has 0 heterocycles. The van der Waals surface area contributed by atoms with E-state index < -0.39 is 32.1 Å². The van der Waals surface area contributed by atoms with Crippen molar-refractivity contribution in [3.63, 3.8) is 0 Å². The second-order valence-electron chi connectivity index (χ2n) is 5.78. The molecule has 24 heavy (non-hydrogen) atoms. The third-order valence-electron chi connectivity index (χ3n) is 3.64. The van der Waals surface area contributed by atoms with Crippen LogP contribution in [0.2, 0.25) is 6.04 Å². The summed E-state index contributed by atoms with van der Waals surface area (Å²) in [5, 5.41) is 0. The first kappa shape index (κ1) is 21.1. The zero-order chi connectivity index (χ0) is 18.3. The number of halogens is 4. The Labute approximate surface area is 141 Å². The van der Waals surface area contributed by atoms with Gasteiger partial charge in [0, 0.05) is 26.4 Å². The topological polar surface area (TPSA) is 27.7 Å². The van der Waals surface area contributed by atoms with Gasteiger partial charge in [-0.1, -0.05) is 6.42 Å². The van der Waals surface area contributed by atoms with E-state index in [0.717, 1.165) is 0 Å². The second-order valence-corrected chi connectivity index (χ2v) is 8.70. The Morgan fingerprint density at radius 1 is 0.917 bits per heavy atom. The molecule has 0 N–H and O–H groups in total. The highest BCUT2D eigenvalue weighted by Gasteiger charge is 2.39. The fraction of sp³-hybridized carbons (Fsp3) is 0.625. The summed E-state index contributed by atoms with van der Waals surface area (Å²) in [5.74, 6) is -6.24. The van der Waals surface area contributed by atoms with E-state index in [1.165, 1.54) is 14.2 Å². The van der Waals surface area contributed by atoms with Gasteiger partial charge < -0.3 is 13.3 Å². The molecular formula is C16H24F4O3Si. The van der Waals surface area contributed by atoms with Crippen molar-refractivity contribution in [3.05, 3.63) is 34.9 Å². The fourth-order valence-corrected chi connectivity index (χ4v) is 4.73. The first-order valence-corrected chi connectivity index (χ1v) is 9.79. The Hall–Kier alpha value is -0.963. The molecule has 0 saturated heterocycles. The molecule has 0 atom stereocenters. The highest BCUT2D eigenvalue weighted by atomic mass is 28.4. The lowest BCUT2D eigenvalue weighted by Crippen LogP contribution is -2.45. The third-order valence-corrected chi connectivity index (χ3v) is 6.68. The Morgan fingerprint density at radius 2 is 1.54 bits per heavy atom. The van der Waals surface area contributed by atoms with Crippen molar-refractivity contribution in [2.45, 2.75) is 51.7 Å². The van der Waals surface area contributed by atoms with Crippen LogP contribution in [0.3, 0.4) is 0 Å². The van der Waals surface area contributed by atoms with Gasteiger partial charge >= 0.3 is 8.80 Å². The maximum absolute atomic E-state index is 13.6. The molecule has 0 radical (unpaired) electrons. The monoisotopic (exact) mass is 368 g/mol. The van der Waals surface area contributed by atoms with Crippen LogP contribution in [0.1, 0.15) is 38.7 Å². The maximum Gasteiger partial charge on any atom is 0.500 e. The van der Waals surface area contributed by atoms with Crippen LogP contribution >= 0.6 is 0 Å². The molecule has 1 aromatic carbocycles. The molecule has 0 aliphatic heterocycles. The summed E-state index contributed by atoms with van der Waals surface area (Å²) in [6.07, 6.45) is 1.97. The molecule has 1 rings (SSSR count). The van der Waals surface area contributed by atoms with Gasteiger partial charge in [-0.2, -0.15) is 0 Å².